The van der Waals surface area contributed by atoms with Crippen LogP contribution in [0.1, 0.15) is 6.42 Å². The van der Waals surface area contributed by atoms with Gasteiger partial charge in [0.2, 0.25) is 5.91 Å². The van der Waals surface area contributed by atoms with Crippen LogP contribution in [0.15, 0.2) is 22.9 Å². The first-order chi connectivity index (χ1) is 8.63. The molecule has 2 aromatic rings. The van der Waals surface area contributed by atoms with Crippen molar-refractivity contribution in [3.63, 3.8) is 0 Å². The largest absolute Gasteiger partial charge is 0.329 e. The second-order valence-electron chi connectivity index (χ2n) is 3.83. The van der Waals surface area contributed by atoms with E-state index in [1.165, 1.54) is 4.90 Å². The van der Waals surface area contributed by atoms with Crippen molar-refractivity contribution in [2.75, 3.05) is 11.4 Å². The highest BCUT2D eigenvalue weighted by Crippen LogP contribution is 2.18. The molecule has 3 rings (SSSR count). The zero-order valence-corrected chi connectivity index (χ0v) is 10.7. The molecule has 8 heteroatoms. The molecule has 3 amide bonds. The number of imide groups is 1. The van der Waals surface area contributed by atoms with Crippen molar-refractivity contribution in [1.82, 2.24) is 19.9 Å². The molecule has 3 heterocycles. The minimum absolute atomic E-state index is 0.263. The lowest BCUT2D eigenvalue weighted by molar-refractivity contribution is -0.120. The summed E-state index contributed by atoms with van der Waals surface area (Å²) in [5, 5.41) is 6.50. The predicted octanol–water partition coefficient (Wildman–Crippen LogP) is 0.938. The number of rotatable bonds is 1. The van der Waals surface area contributed by atoms with Gasteiger partial charge in [-0.2, -0.15) is 0 Å². The number of hydrogen-bond donors (Lipinski definition) is 1. The Morgan fingerprint density at radius 3 is 3.00 bits per heavy atom. The van der Waals surface area contributed by atoms with Crippen molar-refractivity contribution in [1.29, 1.82) is 0 Å². The molecule has 1 fully saturated rings. The van der Waals surface area contributed by atoms with Gasteiger partial charge in [0.1, 0.15) is 0 Å². The van der Waals surface area contributed by atoms with Gasteiger partial charge in [-0.3, -0.25) is 15.0 Å². The minimum atomic E-state index is -0.450. The normalized spacial score (nSPS) is 16.2. The van der Waals surface area contributed by atoms with Gasteiger partial charge in [-0.1, -0.05) is 0 Å². The molecular weight excluding hydrogens is 302 g/mol. The van der Waals surface area contributed by atoms with Crippen LogP contribution in [0.2, 0.25) is 0 Å². The highest BCUT2D eigenvalue weighted by molar-refractivity contribution is 9.10. The van der Waals surface area contributed by atoms with Crippen molar-refractivity contribution in [3.05, 3.63) is 22.9 Å². The van der Waals surface area contributed by atoms with Crippen molar-refractivity contribution in [2.45, 2.75) is 6.42 Å². The van der Waals surface area contributed by atoms with Gasteiger partial charge in [-0.15, -0.1) is 5.10 Å². The maximum atomic E-state index is 11.7. The van der Waals surface area contributed by atoms with Gasteiger partial charge in [0.15, 0.2) is 11.5 Å². The van der Waals surface area contributed by atoms with E-state index in [-0.39, 0.29) is 12.3 Å². The van der Waals surface area contributed by atoms with E-state index in [4.69, 9.17) is 0 Å². The second kappa shape index (κ2) is 4.05. The lowest BCUT2D eigenvalue weighted by Gasteiger charge is -2.23. The number of carbonyl (C=O) groups excluding carboxylic acids is 2. The fraction of sp³-hybridized carbons (Fsp3) is 0.200. The Balaban J connectivity index is 1.99. The predicted molar refractivity (Wildman–Crippen MR) is 66.2 cm³/mol. The van der Waals surface area contributed by atoms with Gasteiger partial charge >= 0.3 is 6.03 Å². The standard InChI is InChI=1S/C10H8BrN5O2/c11-6-4-12-7-3-8(14-16(7)5-6)15-2-1-9(17)13-10(15)18/h3-5H,1-2H2,(H,13,17,18). The Morgan fingerprint density at radius 1 is 1.39 bits per heavy atom. The number of nitrogens with zero attached hydrogens (tertiary/aromatic N) is 4. The zero-order valence-electron chi connectivity index (χ0n) is 9.13. The van der Waals surface area contributed by atoms with Crippen LogP contribution in [0, 0.1) is 0 Å². The van der Waals surface area contributed by atoms with E-state index in [1.807, 2.05) is 0 Å². The lowest BCUT2D eigenvalue weighted by Crippen LogP contribution is -2.49. The van der Waals surface area contributed by atoms with Crippen LogP contribution >= 0.6 is 15.9 Å². The number of aromatic nitrogens is 3. The molecule has 18 heavy (non-hydrogen) atoms. The summed E-state index contributed by atoms with van der Waals surface area (Å²) in [6.45, 7) is 0.329. The van der Waals surface area contributed by atoms with Gasteiger partial charge in [-0.05, 0) is 15.9 Å². The summed E-state index contributed by atoms with van der Waals surface area (Å²) in [6, 6.07) is 1.25. The Bertz CT molecular complexity index is 653. The third-order valence-electron chi connectivity index (χ3n) is 2.60. The van der Waals surface area contributed by atoms with Crippen LogP contribution in [-0.4, -0.2) is 33.1 Å². The van der Waals surface area contributed by atoms with Crippen molar-refractivity contribution >= 4 is 39.3 Å². The molecule has 0 unspecified atom stereocenters. The summed E-state index contributed by atoms with van der Waals surface area (Å²) >= 11 is 3.30. The number of halogens is 1. The molecule has 0 bridgehead atoms. The maximum Gasteiger partial charge on any atom is 0.329 e. The second-order valence-corrected chi connectivity index (χ2v) is 4.75. The number of urea groups is 1. The molecule has 1 N–H and O–H groups in total. The van der Waals surface area contributed by atoms with Gasteiger partial charge in [0, 0.05) is 31.4 Å². The molecule has 0 atom stereocenters. The molecule has 2 aromatic heterocycles. The summed E-state index contributed by atoms with van der Waals surface area (Å²) in [4.78, 5) is 28.3. The average Bonchev–Trinajstić information content (AvgIpc) is 2.71. The van der Waals surface area contributed by atoms with Crippen molar-refractivity contribution < 1.29 is 9.59 Å². The summed E-state index contributed by atoms with van der Waals surface area (Å²) in [5.74, 6) is 0.214. The van der Waals surface area contributed by atoms with E-state index in [0.29, 0.717) is 18.0 Å². The summed E-state index contributed by atoms with van der Waals surface area (Å²) < 4.78 is 2.37. The van der Waals surface area contributed by atoms with E-state index in [0.717, 1.165) is 4.47 Å². The van der Waals surface area contributed by atoms with Gasteiger partial charge in [-0.25, -0.2) is 14.3 Å². The quantitative estimate of drug-likeness (QED) is 0.850. The number of hydrogen-bond acceptors (Lipinski definition) is 4. The van der Waals surface area contributed by atoms with E-state index in [1.54, 1.807) is 23.0 Å². The van der Waals surface area contributed by atoms with Gasteiger partial charge < -0.3 is 0 Å². The first-order valence-electron chi connectivity index (χ1n) is 5.26. The number of nitrogens with one attached hydrogen (secondary N) is 1. The van der Waals surface area contributed by atoms with Gasteiger partial charge in [0.05, 0.1) is 4.47 Å². The topological polar surface area (TPSA) is 79.6 Å². The third-order valence-corrected chi connectivity index (χ3v) is 3.01. The number of anilines is 1. The molecular formula is C10H8BrN5O2. The highest BCUT2D eigenvalue weighted by atomic mass is 79.9. The Labute approximate surface area is 110 Å². The molecule has 0 aromatic carbocycles. The van der Waals surface area contributed by atoms with E-state index in [9.17, 15) is 9.59 Å². The van der Waals surface area contributed by atoms with Crippen LogP contribution in [-0.2, 0) is 4.79 Å². The number of amides is 3. The summed E-state index contributed by atoms with van der Waals surface area (Å²) in [6.07, 6.45) is 3.68. The van der Waals surface area contributed by atoms with E-state index >= 15 is 0 Å². The molecule has 0 radical (unpaired) electrons. The van der Waals surface area contributed by atoms with Crippen molar-refractivity contribution in [2.24, 2.45) is 0 Å². The minimum Gasteiger partial charge on any atom is -0.278 e. The van der Waals surface area contributed by atoms with E-state index in [2.05, 4.69) is 31.3 Å². The first kappa shape index (κ1) is 11.1. The van der Waals surface area contributed by atoms with Gasteiger partial charge in [0.25, 0.3) is 0 Å². The highest BCUT2D eigenvalue weighted by Gasteiger charge is 2.26. The smallest absolute Gasteiger partial charge is 0.278 e. The monoisotopic (exact) mass is 309 g/mol. The molecule has 1 aliphatic rings. The summed E-state index contributed by atoms with van der Waals surface area (Å²) in [7, 11) is 0. The van der Waals surface area contributed by atoms with Crippen molar-refractivity contribution in [3.8, 4) is 0 Å². The Kier molecular flexibility index (Phi) is 2.51. The number of carbonyl (C=O) groups is 2. The Hall–Kier alpha value is -1.96. The number of fused-ring (bicyclic) bond motifs is 1. The molecule has 0 aliphatic carbocycles. The Morgan fingerprint density at radius 2 is 2.22 bits per heavy atom. The first-order valence-corrected chi connectivity index (χ1v) is 6.05. The molecule has 0 spiro atoms. The van der Waals surface area contributed by atoms with Crippen LogP contribution in [0.4, 0.5) is 10.6 Å². The molecule has 0 saturated carbocycles. The average molecular weight is 310 g/mol. The zero-order chi connectivity index (χ0) is 12.7. The molecule has 92 valence electrons. The van der Waals surface area contributed by atoms with Crippen LogP contribution in [0.5, 0.6) is 0 Å². The third kappa shape index (κ3) is 1.84. The molecule has 1 saturated heterocycles. The van der Waals surface area contributed by atoms with Crippen LogP contribution < -0.4 is 10.2 Å². The SMILES string of the molecule is O=C1CCN(c2cc3ncc(Br)cn3n2)C(=O)N1. The van der Waals surface area contributed by atoms with Crippen LogP contribution in [0.25, 0.3) is 5.65 Å². The van der Waals surface area contributed by atoms with Crippen LogP contribution in [0.3, 0.4) is 0 Å². The summed E-state index contributed by atoms with van der Waals surface area (Å²) in [5.41, 5.74) is 0.637. The molecule has 7 nitrogen and oxygen atoms in total. The molecule has 1 aliphatic heterocycles. The van der Waals surface area contributed by atoms with E-state index < -0.39 is 6.03 Å². The lowest BCUT2D eigenvalue weighted by atomic mass is 10.3. The fourth-order valence-corrected chi connectivity index (χ4v) is 2.05. The maximum absolute atomic E-state index is 11.7. The fourth-order valence-electron chi connectivity index (χ4n) is 1.76.